The van der Waals surface area contributed by atoms with Crippen LogP contribution >= 0.6 is 39.3 Å². The molecule has 3 rings (SSSR count). The molecule has 0 aliphatic rings. The van der Waals surface area contributed by atoms with E-state index < -0.39 is 0 Å². The molecule has 0 amide bonds. The zero-order chi connectivity index (χ0) is 16.2. The van der Waals surface area contributed by atoms with Crippen molar-refractivity contribution in [2.45, 2.75) is 5.16 Å². The van der Waals surface area contributed by atoms with Gasteiger partial charge in [-0.25, -0.2) is 4.98 Å². The normalized spacial score (nSPS) is 10.7. The van der Waals surface area contributed by atoms with E-state index in [0.29, 0.717) is 21.6 Å². The molecule has 1 aromatic heterocycles. The van der Waals surface area contributed by atoms with E-state index in [4.69, 9.17) is 11.6 Å². The number of Topliss-reactive ketones (excluding diaryl/α,β-unsaturated/α-hetero) is 1. The summed E-state index contributed by atoms with van der Waals surface area (Å²) in [6, 6.07) is 14.7. The van der Waals surface area contributed by atoms with Crippen LogP contribution in [0.4, 0.5) is 0 Å². The number of benzene rings is 2. The number of hydrogen-bond donors (Lipinski definition) is 1. The summed E-state index contributed by atoms with van der Waals surface area (Å²) in [5.41, 5.74) is 1.44. The summed E-state index contributed by atoms with van der Waals surface area (Å²) in [7, 11) is 0. The molecule has 0 saturated carbocycles. The number of carbonyl (C=O) groups is 1. The van der Waals surface area contributed by atoms with Crippen LogP contribution < -0.4 is 0 Å². The molecule has 0 saturated heterocycles. The van der Waals surface area contributed by atoms with E-state index in [0.717, 1.165) is 10.0 Å². The maximum Gasteiger partial charge on any atom is 0.209 e. The van der Waals surface area contributed by atoms with Crippen molar-refractivity contribution >= 4 is 45.1 Å². The highest BCUT2D eigenvalue weighted by molar-refractivity contribution is 9.10. The van der Waals surface area contributed by atoms with E-state index in [9.17, 15) is 4.79 Å². The van der Waals surface area contributed by atoms with Crippen molar-refractivity contribution in [2.24, 2.45) is 0 Å². The van der Waals surface area contributed by atoms with Crippen molar-refractivity contribution in [2.75, 3.05) is 5.75 Å². The Bertz CT molecular complexity index is 853. The Morgan fingerprint density at radius 2 is 1.91 bits per heavy atom. The van der Waals surface area contributed by atoms with Crippen LogP contribution in [0.15, 0.2) is 58.2 Å². The van der Waals surface area contributed by atoms with Crippen LogP contribution in [-0.4, -0.2) is 26.7 Å². The first kappa shape index (κ1) is 16.2. The van der Waals surface area contributed by atoms with Gasteiger partial charge in [-0.3, -0.25) is 9.89 Å². The fourth-order valence-corrected chi connectivity index (χ4v) is 3.38. The number of rotatable bonds is 5. The number of thioether (sulfide) groups is 1. The van der Waals surface area contributed by atoms with Crippen LogP contribution in [0.3, 0.4) is 0 Å². The van der Waals surface area contributed by atoms with E-state index >= 15 is 0 Å². The van der Waals surface area contributed by atoms with Crippen LogP contribution in [0, 0.1) is 0 Å². The van der Waals surface area contributed by atoms with Gasteiger partial charge in [0, 0.05) is 15.6 Å². The van der Waals surface area contributed by atoms with Crippen molar-refractivity contribution in [1.82, 2.24) is 15.2 Å². The second-order valence-electron chi connectivity index (χ2n) is 4.64. The van der Waals surface area contributed by atoms with Gasteiger partial charge in [0.15, 0.2) is 11.6 Å². The summed E-state index contributed by atoms with van der Waals surface area (Å²) >= 11 is 10.8. The lowest BCUT2D eigenvalue weighted by Gasteiger charge is -2.01. The topological polar surface area (TPSA) is 58.6 Å². The van der Waals surface area contributed by atoms with Gasteiger partial charge in [-0.15, -0.1) is 5.10 Å². The van der Waals surface area contributed by atoms with Gasteiger partial charge in [-0.2, -0.15) is 0 Å². The molecule has 0 bridgehead atoms. The predicted octanol–water partition coefficient (Wildman–Crippen LogP) is 4.86. The van der Waals surface area contributed by atoms with Gasteiger partial charge in [0.25, 0.3) is 0 Å². The van der Waals surface area contributed by atoms with E-state index in [2.05, 4.69) is 31.1 Å². The van der Waals surface area contributed by atoms with Gasteiger partial charge in [0.2, 0.25) is 5.16 Å². The number of nitrogens with one attached hydrogen (secondary N) is 1. The number of nitrogens with zero attached hydrogens (tertiary/aromatic N) is 2. The first-order valence-corrected chi connectivity index (χ1v) is 8.88. The first-order chi connectivity index (χ1) is 11.1. The predicted molar refractivity (Wildman–Crippen MR) is 96.0 cm³/mol. The third-order valence-electron chi connectivity index (χ3n) is 3.10. The second-order valence-corrected chi connectivity index (χ2v) is 6.84. The first-order valence-electron chi connectivity index (χ1n) is 6.73. The van der Waals surface area contributed by atoms with Crippen LogP contribution in [0.1, 0.15) is 10.4 Å². The SMILES string of the molecule is O=C(CSc1n[nH]c(-c2ccccc2Br)n1)c1ccccc1Cl. The molecule has 0 aliphatic heterocycles. The maximum atomic E-state index is 12.2. The highest BCUT2D eigenvalue weighted by Gasteiger charge is 2.13. The van der Waals surface area contributed by atoms with E-state index in [1.807, 2.05) is 24.3 Å². The molecule has 0 spiro atoms. The monoisotopic (exact) mass is 407 g/mol. The third kappa shape index (κ3) is 3.83. The van der Waals surface area contributed by atoms with Gasteiger partial charge in [0.05, 0.1) is 10.8 Å². The van der Waals surface area contributed by atoms with Gasteiger partial charge in [-0.1, -0.05) is 69.6 Å². The third-order valence-corrected chi connectivity index (χ3v) is 4.97. The largest absolute Gasteiger partial charge is 0.293 e. The Labute approximate surface area is 150 Å². The molecule has 0 radical (unpaired) electrons. The number of aromatic amines is 1. The number of aromatic nitrogens is 3. The average molecular weight is 409 g/mol. The summed E-state index contributed by atoms with van der Waals surface area (Å²) in [5, 5.41) is 8.02. The zero-order valence-corrected chi connectivity index (χ0v) is 15.0. The number of hydrogen-bond acceptors (Lipinski definition) is 4. The van der Waals surface area contributed by atoms with Gasteiger partial charge < -0.3 is 0 Å². The molecule has 116 valence electrons. The lowest BCUT2D eigenvalue weighted by Crippen LogP contribution is -2.03. The maximum absolute atomic E-state index is 12.2. The molecule has 7 heteroatoms. The van der Waals surface area contributed by atoms with Gasteiger partial charge >= 0.3 is 0 Å². The number of ketones is 1. The van der Waals surface area contributed by atoms with E-state index in [-0.39, 0.29) is 11.5 Å². The molecule has 2 aromatic carbocycles. The molecule has 0 atom stereocenters. The molecule has 4 nitrogen and oxygen atoms in total. The van der Waals surface area contributed by atoms with Crippen molar-refractivity contribution in [3.05, 3.63) is 63.6 Å². The number of H-pyrrole nitrogens is 1. The molecule has 0 fully saturated rings. The minimum atomic E-state index is -0.0483. The number of halogens is 2. The Kier molecular flexibility index (Phi) is 5.15. The molecular weight excluding hydrogens is 398 g/mol. The van der Waals surface area contributed by atoms with Gasteiger partial charge in [0.1, 0.15) is 0 Å². The van der Waals surface area contributed by atoms with Crippen molar-refractivity contribution in [1.29, 1.82) is 0 Å². The molecular formula is C16H11BrClN3OS. The Morgan fingerprint density at radius 1 is 1.17 bits per heavy atom. The second kappa shape index (κ2) is 7.29. The van der Waals surface area contributed by atoms with Crippen LogP contribution in [0.5, 0.6) is 0 Å². The molecule has 0 aliphatic carbocycles. The van der Waals surface area contributed by atoms with Gasteiger partial charge in [-0.05, 0) is 18.2 Å². The smallest absolute Gasteiger partial charge is 0.209 e. The van der Waals surface area contributed by atoms with Crippen molar-refractivity contribution in [3.63, 3.8) is 0 Å². The highest BCUT2D eigenvalue weighted by atomic mass is 79.9. The summed E-state index contributed by atoms with van der Waals surface area (Å²) in [6.45, 7) is 0. The Morgan fingerprint density at radius 3 is 2.70 bits per heavy atom. The lowest BCUT2D eigenvalue weighted by molar-refractivity contribution is 0.102. The summed E-state index contributed by atoms with van der Waals surface area (Å²) in [6.07, 6.45) is 0. The number of carbonyl (C=O) groups excluding carboxylic acids is 1. The van der Waals surface area contributed by atoms with E-state index in [1.165, 1.54) is 11.8 Å². The molecule has 0 unspecified atom stereocenters. The van der Waals surface area contributed by atoms with Crippen LogP contribution in [-0.2, 0) is 0 Å². The Hall–Kier alpha value is -1.63. The fraction of sp³-hybridized carbons (Fsp3) is 0.0625. The zero-order valence-electron chi connectivity index (χ0n) is 11.8. The van der Waals surface area contributed by atoms with Crippen LogP contribution in [0.2, 0.25) is 5.02 Å². The minimum Gasteiger partial charge on any atom is -0.293 e. The highest BCUT2D eigenvalue weighted by Crippen LogP contribution is 2.27. The molecule has 23 heavy (non-hydrogen) atoms. The molecule has 1 heterocycles. The van der Waals surface area contributed by atoms with Crippen molar-refractivity contribution in [3.8, 4) is 11.4 Å². The average Bonchev–Trinajstić information content (AvgIpc) is 3.02. The van der Waals surface area contributed by atoms with Crippen LogP contribution in [0.25, 0.3) is 11.4 Å². The summed E-state index contributed by atoms with van der Waals surface area (Å²) in [5.74, 6) is 0.842. The quantitative estimate of drug-likeness (QED) is 0.484. The molecule has 3 aromatic rings. The Balaban J connectivity index is 1.70. The standard InChI is InChI=1S/C16H11BrClN3OS/c17-12-7-3-1-5-10(12)15-19-16(21-20-15)23-9-14(22)11-6-2-4-8-13(11)18/h1-8H,9H2,(H,19,20,21). The summed E-state index contributed by atoms with van der Waals surface area (Å²) < 4.78 is 0.930. The minimum absolute atomic E-state index is 0.0483. The van der Waals surface area contributed by atoms with E-state index in [1.54, 1.807) is 24.3 Å². The van der Waals surface area contributed by atoms with Crippen molar-refractivity contribution < 1.29 is 4.79 Å². The lowest BCUT2D eigenvalue weighted by atomic mass is 10.1. The fourth-order valence-electron chi connectivity index (χ4n) is 1.98. The summed E-state index contributed by atoms with van der Waals surface area (Å²) in [4.78, 5) is 16.6. The molecule has 1 N–H and O–H groups in total.